The Morgan fingerprint density at radius 2 is 1.38 bits per heavy atom. The molecule has 0 spiro atoms. The maximum absolute atomic E-state index is 6.17. The molecule has 0 radical (unpaired) electrons. The first-order chi connectivity index (χ1) is 11.8. The van der Waals surface area contributed by atoms with E-state index in [-0.39, 0.29) is 0 Å². The lowest BCUT2D eigenvalue weighted by atomic mass is 10.1. The molecule has 0 aliphatic carbocycles. The van der Waals surface area contributed by atoms with Gasteiger partial charge in [0.2, 0.25) is 0 Å². The van der Waals surface area contributed by atoms with E-state index < -0.39 is 0 Å². The largest absolute Gasteiger partial charge is 0.277 e. The van der Waals surface area contributed by atoms with Gasteiger partial charge in [-0.05, 0) is 18.2 Å². The van der Waals surface area contributed by atoms with E-state index in [4.69, 9.17) is 16.6 Å². The van der Waals surface area contributed by atoms with Gasteiger partial charge >= 0.3 is 0 Å². The van der Waals surface area contributed by atoms with Gasteiger partial charge in [0, 0.05) is 21.4 Å². The van der Waals surface area contributed by atoms with Gasteiger partial charge in [-0.1, -0.05) is 66.2 Å². The summed E-state index contributed by atoms with van der Waals surface area (Å²) in [4.78, 5) is 4.71. The molecule has 0 fully saturated rings. The van der Waals surface area contributed by atoms with Crippen LogP contribution < -0.4 is 5.43 Å². The van der Waals surface area contributed by atoms with Crippen LogP contribution >= 0.6 is 11.6 Å². The van der Waals surface area contributed by atoms with Crippen LogP contribution in [0.4, 0.5) is 5.69 Å². The highest BCUT2D eigenvalue weighted by molar-refractivity contribution is 6.33. The van der Waals surface area contributed by atoms with Crippen molar-refractivity contribution in [1.29, 1.82) is 0 Å². The predicted molar refractivity (Wildman–Crippen MR) is 102 cm³/mol. The normalized spacial score (nSPS) is 11.4. The second-order valence-electron chi connectivity index (χ2n) is 5.41. The molecule has 1 heterocycles. The van der Waals surface area contributed by atoms with Crippen LogP contribution in [-0.4, -0.2) is 11.2 Å². The first-order valence-corrected chi connectivity index (χ1v) is 8.02. The quantitative estimate of drug-likeness (QED) is 0.306. The monoisotopic (exact) mass is 331 g/mol. The van der Waals surface area contributed by atoms with E-state index in [1.807, 2.05) is 72.8 Å². The minimum atomic E-state index is 0.674. The van der Waals surface area contributed by atoms with Crippen molar-refractivity contribution < 1.29 is 0 Å². The Hall–Kier alpha value is -2.91. The molecule has 3 nitrogen and oxygen atoms in total. The van der Waals surface area contributed by atoms with Crippen LogP contribution in [0.5, 0.6) is 0 Å². The summed E-state index contributed by atoms with van der Waals surface area (Å²) < 4.78 is 0. The number of hydrazone groups is 1. The summed E-state index contributed by atoms with van der Waals surface area (Å²) in [6.45, 7) is 0. The molecule has 0 bridgehead atoms. The highest BCUT2D eigenvalue weighted by Gasteiger charge is 2.07. The lowest BCUT2D eigenvalue weighted by Gasteiger charge is -2.10. The fourth-order valence-corrected chi connectivity index (χ4v) is 2.89. The van der Waals surface area contributed by atoms with Gasteiger partial charge in [-0.15, -0.1) is 0 Å². The molecule has 4 rings (SSSR count). The van der Waals surface area contributed by atoms with Crippen molar-refractivity contribution in [2.45, 2.75) is 0 Å². The number of halogens is 1. The third-order valence-corrected chi connectivity index (χ3v) is 4.22. The number of benzene rings is 3. The molecule has 0 aliphatic heterocycles. The molecule has 0 atom stereocenters. The van der Waals surface area contributed by atoms with E-state index in [0.29, 0.717) is 5.02 Å². The van der Waals surface area contributed by atoms with Crippen molar-refractivity contribution in [3.63, 3.8) is 0 Å². The maximum Gasteiger partial charge on any atom is 0.0749 e. The van der Waals surface area contributed by atoms with E-state index in [1.165, 1.54) is 0 Å². The number of hydrogen-bond donors (Lipinski definition) is 1. The van der Waals surface area contributed by atoms with Gasteiger partial charge < -0.3 is 0 Å². The number of nitrogens with zero attached hydrogens (tertiary/aromatic N) is 2. The lowest BCUT2D eigenvalue weighted by molar-refractivity contribution is 1.36. The van der Waals surface area contributed by atoms with Gasteiger partial charge in [-0.3, -0.25) is 5.43 Å². The van der Waals surface area contributed by atoms with Crippen LogP contribution in [0.3, 0.4) is 0 Å². The van der Waals surface area contributed by atoms with E-state index in [9.17, 15) is 0 Å². The predicted octanol–water partition coefficient (Wildman–Crippen LogP) is 5.49. The second kappa shape index (κ2) is 6.30. The number of anilines is 1. The van der Waals surface area contributed by atoms with Gasteiger partial charge in [-0.25, -0.2) is 4.98 Å². The Balaban J connectivity index is 1.81. The molecule has 0 saturated heterocycles. The Labute approximate surface area is 144 Å². The third kappa shape index (κ3) is 2.70. The standard InChI is InChI=1S/C20H14ClN3/c21-17-10-4-1-7-14(17)13-22-24-20-15-8-2-5-11-18(15)23-19-12-6-3-9-16(19)20/h1-13H,(H,23,24)/b22-13+. The Bertz CT molecular complexity index is 1000. The van der Waals surface area contributed by atoms with Crippen LogP contribution in [0.15, 0.2) is 77.9 Å². The molecule has 116 valence electrons. The van der Waals surface area contributed by atoms with Crippen molar-refractivity contribution in [2.75, 3.05) is 5.43 Å². The molecule has 0 unspecified atom stereocenters. The number of aromatic nitrogens is 1. The van der Waals surface area contributed by atoms with Crippen LogP contribution in [-0.2, 0) is 0 Å². The maximum atomic E-state index is 6.17. The number of para-hydroxylation sites is 2. The number of nitrogens with one attached hydrogen (secondary N) is 1. The highest BCUT2D eigenvalue weighted by atomic mass is 35.5. The van der Waals surface area contributed by atoms with Gasteiger partial charge in [0.15, 0.2) is 0 Å². The Morgan fingerprint density at radius 1 is 0.792 bits per heavy atom. The molecule has 1 N–H and O–H groups in total. The van der Waals surface area contributed by atoms with Crippen molar-refractivity contribution in [3.05, 3.63) is 83.4 Å². The van der Waals surface area contributed by atoms with E-state index in [2.05, 4.69) is 10.5 Å². The number of fused-ring (bicyclic) bond motifs is 2. The molecule has 0 amide bonds. The lowest BCUT2D eigenvalue weighted by Crippen LogP contribution is -1.95. The first kappa shape index (κ1) is 14.7. The minimum absolute atomic E-state index is 0.674. The molecular formula is C20H14ClN3. The smallest absolute Gasteiger partial charge is 0.0749 e. The van der Waals surface area contributed by atoms with Crippen LogP contribution in [0.1, 0.15) is 5.56 Å². The molecule has 0 saturated carbocycles. The Morgan fingerprint density at radius 3 is 2.04 bits per heavy atom. The van der Waals surface area contributed by atoms with E-state index >= 15 is 0 Å². The van der Waals surface area contributed by atoms with Crippen LogP contribution in [0, 0.1) is 0 Å². The number of pyridine rings is 1. The van der Waals surface area contributed by atoms with E-state index in [0.717, 1.165) is 33.1 Å². The van der Waals surface area contributed by atoms with Crippen LogP contribution in [0.2, 0.25) is 5.02 Å². The number of hydrogen-bond acceptors (Lipinski definition) is 3. The second-order valence-corrected chi connectivity index (χ2v) is 5.82. The average Bonchev–Trinajstić information content (AvgIpc) is 2.62. The van der Waals surface area contributed by atoms with Gasteiger partial charge in [0.25, 0.3) is 0 Å². The SMILES string of the molecule is Clc1ccccc1/C=N/Nc1c2ccccc2nc2ccccc12. The van der Waals surface area contributed by atoms with E-state index in [1.54, 1.807) is 6.21 Å². The summed E-state index contributed by atoms with van der Waals surface area (Å²) in [6.07, 6.45) is 1.73. The zero-order chi connectivity index (χ0) is 16.4. The summed E-state index contributed by atoms with van der Waals surface area (Å²) >= 11 is 6.17. The van der Waals surface area contributed by atoms with Crippen molar-refractivity contribution in [1.82, 2.24) is 4.98 Å². The van der Waals surface area contributed by atoms with Gasteiger partial charge in [0.1, 0.15) is 0 Å². The zero-order valence-corrected chi connectivity index (χ0v) is 13.5. The summed E-state index contributed by atoms with van der Waals surface area (Å²) in [5, 5.41) is 7.13. The topological polar surface area (TPSA) is 37.3 Å². The van der Waals surface area contributed by atoms with Crippen molar-refractivity contribution in [2.24, 2.45) is 5.10 Å². The number of rotatable bonds is 3. The average molecular weight is 332 g/mol. The molecule has 24 heavy (non-hydrogen) atoms. The van der Waals surface area contributed by atoms with Crippen molar-refractivity contribution in [3.8, 4) is 0 Å². The fraction of sp³-hybridized carbons (Fsp3) is 0. The van der Waals surface area contributed by atoms with Crippen molar-refractivity contribution >= 4 is 45.3 Å². The molecule has 4 aromatic rings. The molecule has 4 heteroatoms. The minimum Gasteiger partial charge on any atom is -0.277 e. The third-order valence-electron chi connectivity index (χ3n) is 3.87. The first-order valence-electron chi connectivity index (χ1n) is 7.64. The highest BCUT2D eigenvalue weighted by Crippen LogP contribution is 2.30. The fourth-order valence-electron chi connectivity index (χ4n) is 2.71. The molecular weight excluding hydrogens is 318 g/mol. The van der Waals surface area contributed by atoms with Crippen LogP contribution in [0.25, 0.3) is 21.8 Å². The summed E-state index contributed by atoms with van der Waals surface area (Å²) in [6, 6.07) is 23.7. The zero-order valence-electron chi connectivity index (χ0n) is 12.8. The summed E-state index contributed by atoms with van der Waals surface area (Å²) in [5.41, 5.74) is 6.86. The van der Waals surface area contributed by atoms with Gasteiger partial charge in [0.05, 0.1) is 22.9 Å². The Kier molecular flexibility index (Phi) is 3.85. The van der Waals surface area contributed by atoms with Gasteiger partial charge in [-0.2, -0.15) is 5.10 Å². The molecule has 0 aliphatic rings. The molecule has 3 aromatic carbocycles. The summed E-state index contributed by atoms with van der Waals surface area (Å²) in [7, 11) is 0. The summed E-state index contributed by atoms with van der Waals surface area (Å²) in [5.74, 6) is 0. The molecule has 1 aromatic heterocycles.